The Morgan fingerprint density at radius 2 is 2.08 bits per heavy atom. The van der Waals surface area contributed by atoms with Crippen LogP contribution in [-0.2, 0) is 13.6 Å². The highest BCUT2D eigenvalue weighted by atomic mass is 32.1. The molecule has 0 aliphatic heterocycles. The number of ether oxygens (including phenoxy) is 1. The van der Waals surface area contributed by atoms with E-state index in [-0.39, 0.29) is 11.5 Å². The molecule has 0 atom stereocenters. The number of aryl methyl sites for hydroxylation is 3. The van der Waals surface area contributed by atoms with E-state index in [9.17, 15) is 9.59 Å². The molecule has 2 aromatic heterocycles. The van der Waals surface area contributed by atoms with Gasteiger partial charge in [0, 0.05) is 26.2 Å². The summed E-state index contributed by atoms with van der Waals surface area (Å²) in [7, 11) is 5.02. The first-order valence-corrected chi connectivity index (χ1v) is 8.98. The lowest BCUT2D eigenvalue weighted by Crippen LogP contribution is -2.26. The van der Waals surface area contributed by atoms with Gasteiger partial charge >= 0.3 is 0 Å². The minimum Gasteiger partial charge on any atom is -0.496 e. The lowest BCUT2D eigenvalue weighted by atomic mass is 10.1. The number of aromatic nitrogens is 2. The summed E-state index contributed by atoms with van der Waals surface area (Å²) in [6.07, 6.45) is 1.48. The standard InChI is InChI=1S/C19H21N3O3S/c1-11-6-7-14(25-5)13(8-11)9-21(3)19(24)16-12(2)15-17(26-16)20-10-22(4)18(15)23/h6-8,10H,9H2,1-5H3. The van der Waals surface area contributed by atoms with Gasteiger partial charge in [0.1, 0.15) is 10.6 Å². The Morgan fingerprint density at radius 3 is 2.77 bits per heavy atom. The maximum absolute atomic E-state index is 13.0. The summed E-state index contributed by atoms with van der Waals surface area (Å²) < 4.78 is 6.83. The van der Waals surface area contributed by atoms with Gasteiger partial charge in [-0.2, -0.15) is 0 Å². The van der Waals surface area contributed by atoms with Crippen LogP contribution in [0.4, 0.5) is 0 Å². The fourth-order valence-electron chi connectivity index (χ4n) is 2.94. The van der Waals surface area contributed by atoms with E-state index in [2.05, 4.69) is 4.98 Å². The third-order valence-electron chi connectivity index (χ3n) is 4.39. The van der Waals surface area contributed by atoms with Gasteiger partial charge < -0.3 is 14.2 Å². The third kappa shape index (κ3) is 3.10. The molecule has 0 saturated carbocycles. The molecule has 2 heterocycles. The molecule has 0 N–H and O–H groups in total. The van der Waals surface area contributed by atoms with Gasteiger partial charge in [-0.05, 0) is 25.5 Å². The van der Waals surface area contributed by atoms with Gasteiger partial charge in [-0.15, -0.1) is 11.3 Å². The van der Waals surface area contributed by atoms with E-state index >= 15 is 0 Å². The first-order valence-electron chi connectivity index (χ1n) is 8.17. The molecule has 6 nitrogen and oxygen atoms in total. The molecule has 0 spiro atoms. The van der Waals surface area contributed by atoms with Crippen molar-refractivity contribution in [2.24, 2.45) is 7.05 Å². The van der Waals surface area contributed by atoms with Crippen molar-refractivity contribution in [2.45, 2.75) is 20.4 Å². The molecular formula is C19H21N3O3S. The largest absolute Gasteiger partial charge is 0.496 e. The Hall–Kier alpha value is -2.67. The van der Waals surface area contributed by atoms with Gasteiger partial charge in [0.25, 0.3) is 11.5 Å². The van der Waals surface area contributed by atoms with Gasteiger partial charge in [-0.1, -0.05) is 17.7 Å². The van der Waals surface area contributed by atoms with Gasteiger partial charge in [0.05, 0.1) is 23.7 Å². The van der Waals surface area contributed by atoms with E-state index in [0.29, 0.717) is 27.2 Å². The molecule has 3 rings (SSSR count). The average molecular weight is 371 g/mol. The van der Waals surface area contributed by atoms with Crippen LogP contribution in [0.15, 0.2) is 29.3 Å². The van der Waals surface area contributed by atoms with Crippen LogP contribution in [0, 0.1) is 13.8 Å². The van der Waals surface area contributed by atoms with Crippen LogP contribution in [0.3, 0.4) is 0 Å². The number of rotatable bonds is 4. The van der Waals surface area contributed by atoms with Gasteiger partial charge in [-0.25, -0.2) is 4.98 Å². The maximum Gasteiger partial charge on any atom is 0.264 e. The van der Waals surface area contributed by atoms with E-state index in [1.165, 1.54) is 22.2 Å². The molecule has 0 aliphatic rings. The van der Waals surface area contributed by atoms with Crippen LogP contribution in [0.5, 0.6) is 5.75 Å². The summed E-state index contributed by atoms with van der Waals surface area (Å²) in [5.41, 5.74) is 2.60. The minimum atomic E-state index is -0.134. The smallest absolute Gasteiger partial charge is 0.264 e. The molecule has 0 unspecified atom stereocenters. The second kappa shape index (κ2) is 6.92. The molecule has 0 radical (unpaired) electrons. The number of benzene rings is 1. The summed E-state index contributed by atoms with van der Waals surface area (Å²) in [5, 5.41) is 0.518. The van der Waals surface area contributed by atoms with E-state index in [1.54, 1.807) is 33.0 Å². The quantitative estimate of drug-likeness (QED) is 0.707. The number of nitrogens with zero attached hydrogens (tertiary/aromatic N) is 3. The molecule has 1 amide bonds. The predicted octanol–water partition coefficient (Wildman–Crippen LogP) is 2.89. The van der Waals surface area contributed by atoms with E-state index < -0.39 is 0 Å². The van der Waals surface area contributed by atoms with E-state index in [1.807, 2.05) is 25.1 Å². The van der Waals surface area contributed by atoms with Crippen molar-refractivity contribution in [2.75, 3.05) is 14.2 Å². The molecule has 1 aromatic carbocycles. The van der Waals surface area contributed by atoms with Crippen molar-refractivity contribution in [3.05, 3.63) is 56.4 Å². The normalized spacial score (nSPS) is 11.0. The van der Waals surface area contributed by atoms with Crippen LogP contribution >= 0.6 is 11.3 Å². The van der Waals surface area contributed by atoms with Crippen LogP contribution in [0.1, 0.15) is 26.4 Å². The summed E-state index contributed by atoms with van der Waals surface area (Å²) >= 11 is 1.26. The fraction of sp³-hybridized carbons (Fsp3) is 0.316. The zero-order chi connectivity index (χ0) is 19.0. The highest BCUT2D eigenvalue weighted by molar-refractivity contribution is 7.20. The number of hydrogen-bond donors (Lipinski definition) is 0. The Balaban J connectivity index is 1.96. The van der Waals surface area contributed by atoms with Crippen LogP contribution in [0.2, 0.25) is 0 Å². The predicted molar refractivity (Wildman–Crippen MR) is 103 cm³/mol. The van der Waals surface area contributed by atoms with E-state index in [0.717, 1.165) is 16.9 Å². The summed E-state index contributed by atoms with van der Waals surface area (Å²) in [5.74, 6) is 0.620. The molecule has 26 heavy (non-hydrogen) atoms. The zero-order valence-corrected chi connectivity index (χ0v) is 16.3. The Morgan fingerprint density at radius 1 is 1.35 bits per heavy atom. The number of carbonyl (C=O) groups is 1. The monoisotopic (exact) mass is 371 g/mol. The summed E-state index contributed by atoms with van der Waals surface area (Å²) in [4.78, 5) is 32.4. The van der Waals surface area contributed by atoms with Crippen LogP contribution < -0.4 is 10.3 Å². The van der Waals surface area contributed by atoms with Crippen molar-refractivity contribution in [1.29, 1.82) is 0 Å². The number of thiophene rings is 1. The molecular weight excluding hydrogens is 350 g/mol. The summed E-state index contributed by atoms with van der Waals surface area (Å²) in [6.45, 7) is 4.22. The Kier molecular flexibility index (Phi) is 4.82. The number of amides is 1. The van der Waals surface area contributed by atoms with Gasteiger partial charge in [0.2, 0.25) is 0 Å². The van der Waals surface area contributed by atoms with Gasteiger partial charge in [0.15, 0.2) is 0 Å². The second-order valence-electron chi connectivity index (χ2n) is 6.37. The molecule has 136 valence electrons. The fourth-order valence-corrected chi connectivity index (χ4v) is 4.08. The average Bonchev–Trinajstić information content (AvgIpc) is 2.95. The first kappa shape index (κ1) is 18.1. The third-order valence-corrected chi connectivity index (χ3v) is 5.58. The van der Waals surface area contributed by atoms with Crippen molar-refractivity contribution < 1.29 is 9.53 Å². The SMILES string of the molecule is COc1ccc(C)cc1CN(C)C(=O)c1sc2ncn(C)c(=O)c2c1C. The maximum atomic E-state index is 13.0. The van der Waals surface area contributed by atoms with Crippen molar-refractivity contribution in [1.82, 2.24) is 14.5 Å². The lowest BCUT2D eigenvalue weighted by molar-refractivity contribution is 0.0788. The number of hydrogen-bond acceptors (Lipinski definition) is 5. The molecule has 3 aromatic rings. The van der Waals surface area contributed by atoms with Crippen LogP contribution in [0.25, 0.3) is 10.2 Å². The molecule has 7 heteroatoms. The molecule has 0 fully saturated rings. The highest BCUT2D eigenvalue weighted by Crippen LogP contribution is 2.29. The number of carbonyl (C=O) groups excluding carboxylic acids is 1. The Bertz CT molecular complexity index is 1050. The topological polar surface area (TPSA) is 64.4 Å². The molecule has 0 aliphatic carbocycles. The lowest BCUT2D eigenvalue weighted by Gasteiger charge is -2.19. The van der Waals surface area contributed by atoms with Crippen LogP contribution in [-0.4, -0.2) is 34.5 Å². The number of fused-ring (bicyclic) bond motifs is 1. The van der Waals surface area contributed by atoms with Crippen molar-refractivity contribution >= 4 is 27.5 Å². The second-order valence-corrected chi connectivity index (χ2v) is 7.37. The highest BCUT2D eigenvalue weighted by Gasteiger charge is 2.22. The van der Waals surface area contributed by atoms with Crippen molar-refractivity contribution in [3.63, 3.8) is 0 Å². The summed E-state index contributed by atoms with van der Waals surface area (Å²) in [6, 6.07) is 5.89. The number of methoxy groups -OCH3 is 1. The Labute approximate surface area is 155 Å². The first-order chi connectivity index (χ1) is 12.3. The zero-order valence-electron chi connectivity index (χ0n) is 15.5. The molecule has 0 saturated heterocycles. The molecule has 0 bridgehead atoms. The van der Waals surface area contributed by atoms with Crippen molar-refractivity contribution in [3.8, 4) is 5.75 Å². The minimum absolute atomic E-state index is 0.129. The van der Waals surface area contributed by atoms with Gasteiger partial charge in [-0.3, -0.25) is 9.59 Å². The van der Waals surface area contributed by atoms with E-state index in [4.69, 9.17) is 4.74 Å².